The van der Waals surface area contributed by atoms with Crippen molar-refractivity contribution < 1.29 is 4.74 Å². The first-order chi connectivity index (χ1) is 8.26. The highest BCUT2D eigenvalue weighted by Gasteiger charge is 2.11. The smallest absolute Gasteiger partial charge is 0.266 e. The summed E-state index contributed by atoms with van der Waals surface area (Å²) in [6, 6.07) is 1.89. The average Bonchev–Trinajstić information content (AvgIpc) is 2.80. The van der Waals surface area contributed by atoms with Gasteiger partial charge >= 0.3 is 0 Å². The SMILES string of the molecule is CCN(CC)C(=S)Oc1nncc2[nH]ccc12. The Bertz CT molecular complexity index is 521. The number of rotatable bonds is 3. The number of nitrogens with one attached hydrogen (secondary N) is 1. The predicted octanol–water partition coefficient (Wildman–Crippen LogP) is 1.96. The van der Waals surface area contributed by atoms with Gasteiger partial charge in [0.25, 0.3) is 11.1 Å². The van der Waals surface area contributed by atoms with E-state index >= 15 is 0 Å². The molecule has 1 N–H and O–H groups in total. The van der Waals surface area contributed by atoms with Gasteiger partial charge in [0.05, 0.1) is 17.1 Å². The Morgan fingerprint density at radius 1 is 1.47 bits per heavy atom. The molecule has 2 rings (SSSR count). The Labute approximate surface area is 105 Å². The van der Waals surface area contributed by atoms with Gasteiger partial charge < -0.3 is 14.6 Å². The van der Waals surface area contributed by atoms with Crippen LogP contribution in [0.25, 0.3) is 10.9 Å². The quantitative estimate of drug-likeness (QED) is 0.844. The minimum absolute atomic E-state index is 0.429. The second-order valence-corrected chi connectivity index (χ2v) is 3.84. The normalized spacial score (nSPS) is 10.5. The van der Waals surface area contributed by atoms with Crippen LogP contribution in [0.1, 0.15) is 13.8 Å². The van der Waals surface area contributed by atoms with E-state index < -0.39 is 0 Å². The van der Waals surface area contributed by atoms with Gasteiger partial charge in [-0.05, 0) is 32.1 Å². The number of aromatic nitrogens is 3. The molecule has 0 amide bonds. The summed E-state index contributed by atoms with van der Waals surface area (Å²) in [4.78, 5) is 5.00. The molecule has 0 aliphatic carbocycles. The molecule has 0 aromatic carbocycles. The maximum atomic E-state index is 5.59. The molecule has 2 heterocycles. The van der Waals surface area contributed by atoms with Gasteiger partial charge in [-0.15, -0.1) is 5.10 Å². The number of H-pyrrole nitrogens is 1. The summed E-state index contributed by atoms with van der Waals surface area (Å²) in [5, 5.41) is 9.14. The summed E-state index contributed by atoms with van der Waals surface area (Å²) in [6.45, 7) is 5.68. The Balaban J connectivity index is 2.23. The molecule has 0 aliphatic heterocycles. The van der Waals surface area contributed by atoms with Gasteiger partial charge in [-0.3, -0.25) is 0 Å². The van der Waals surface area contributed by atoms with Crippen molar-refractivity contribution >= 4 is 28.3 Å². The van der Waals surface area contributed by atoms with Crippen molar-refractivity contribution in [2.45, 2.75) is 13.8 Å². The van der Waals surface area contributed by atoms with Crippen molar-refractivity contribution in [2.75, 3.05) is 13.1 Å². The number of hydrogen-bond donors (Lipinski definition) is 1. The fourth-order valence-corrected chi connectivity index (χ4v) is 1.91. The Hall–Kier alpha value is -1.69. The summed E-state index contributed by atoms with van der Waals surface area (Å²) in [7, 11) is 0. The fraction of sp³-hybridized carbons (Fsp3) is 0.364. The van der Waals surface area contributed by atoms with Crippen molar-refractivity contribution in [1.29, 1.82) is 0 Å². The highest BCUT2D eigenvalue weighted by Crippen LogP contribution is 2.20. The topological polar surface area (TPSA) is 54.0 Å². The van der Waals surface area contributed by atoms with E-state index in [4.69, 9.17) is 17.0 Å². The molecule has 2 aromatic rings. The summed E-state index contributed by atoms with van der Waals surface area (Å²) in [6.07, 6.45) is 3.48. The van der Waals surface area contributed by atoms with Gasteiger partial charge in [-0.1, -0.05) is 0 Å². The monoisotopic (exact) mass is 250 g/mol. The van der Waals surface area contributed by atoms with Crippen LogP contribution in [0.2, 0.25) is 0 Å². The lowest BCUT2D eigenvalue weighted by atomic mass is 10.3. The van der Waals surface area contributed by atoms with E-state index in [0.717, 1.165) is 24.0 Å². The van der Waals surface area contributed by atoms with Crippen LogP contribution in [-0.4, -0.2) is 38.3 Å². The Morgan fingerprint density at radius 3 is 2.94 bits per heavy atom. The van der Waals surface area contributed by atoms with Crippen LogP contribution < -0.4 is 4.74 Å². The number of hydrogen-bond acceptors (Lipinski definition) is 4. The minimum Gasteiger partial charge on any atom is -0.410 e. The third-order valence-electron chi connectivity index (χ3n) is 2.55. The van der Waals surface area contributed by atoms with E-state index in [2.05, 4.69) is 15.2 Å². The molecule has 90 valence electrons. The van der Waals surface area contributed by atoms with E-state index in [-0.39, 0.29) is 0 Å². The molecular formula is C11H14N4OS. The van der Waals surface area contributed by atoms with Crippen LogP contribution in [0.15, 0.2) is 18.5 Å². The van der Waals surface area contributed by atoms with Crippen molar-refractivity contribution in [3.8, 4) is 5.88 Å². The Kier molecular flexibility index (Phi) is 3.53. The van der Waals surface area contributed by atoms with E-state index in [1.54, 1.807) is 6.20 Å². The highest BCUT2D eigenvalue weighted by atomic mass is 32.1. The molecule has 0 aliphatic rings. The van der Waals surface area contributed by atoms with E-state index in [0.29, 0.717) is 11.1 Å². The molecular weight excluding hydrogens is 236 g/mol. The van der Waals surface area contributed by atoms with Gasteiger partial charge in [-0.25, -0.2) is 0 Å². The van der Waals surface area contributed by atoms with E-state index in [1.807, 2.05) is 31.0 Å². The van der Waals surface area contributed by atoms with Crippen LogP contribution in [0.3, 0.4) is 0 Å². The lowest BCUT2D eigenvalue weighted by Gasteiger charge is -2.20. The third-order valence-corrected chi connectivity index (χ3v) is 2.89. The van der Waals surface area contributed by atoms with Crippen LogP contribution >= 0.6 is 12.2 Å². The molecule has 0 spiro atoms. The van der Waals surface area contributed by atoms with Crippen LogP contribution in [0.4, 0.5) is 0 Å². The Morgan fingerprint density at radius 2 is 2.24 bits per heavy atom. The number of nitrogens with zero attached hydrogens (tertiary/aromatic N) is 3. The first kappa shape index (κ1) is 11.8. The number of ether oxygens (including phenoxy) is 1. The largest absolute Gasteiger partial charge is 0.410 e. The standard InChI is InChI=1S/C11H14N4OS/c1-3-15(4-2)11(17)16-10-8-5-6-12-9(8)7-13-14-10/h5-7,12H,3-4H2,1-2H3. The summed E-state index contributed by atoms with van der Waals surface area (Å²) < 4.78 is 5.59. The van der Waals surface area contributed by atoms with Gasteiger partial charge in [0.2, 0.25) is 0 Å². The molecule has 0 saturated carbocycles. The molecule has 5 nitrogen and oxygen atoms in total. The first-order valence-electron chi connectivity index (χ1n) is 5.51. The first-order valence-corrected chi connectivity index (χ1v) is 5.92. The van der Waals surface area contributed by atoms with Crippen molar-refractivity contribution in [3.63, 3.8) is 0 Å². The number of aromatic amines is 1. The van der Waals surface area contributed by atoms with Crippen molar-refractivity contribution in [2.24, 2.45) is 0 Å². The molecule has 0 unspecified atom stereocenters. The molecule has 0 radical (unpaired) electrons. The molecule has 17 heavy (non-hydrogen) atoms. The molecule has 0 bridgehead atoms. The minimum atomic E-state index is 0.429. The van der Waals surface area contributed by atoms with Crippen LogP contribution in [-0.2, 0) is 0 Å². The highest BCUT2D eigenvalue weighted by molar-refractivity contribution is 7.80. The maximum Gasteiger partial charge on any atom is 0.266 e. The van der Waals surface area contributed by atoms with Gasteiger partial charge in [0.1, 0.15) is 0 Å². The second-order valence-electron chi connectivity index (χ2n) is 3.50. The lowest BCUT2D eigenvalue weighted by Crippen LogP contribution is -2.33. The third kappa shape index (κ3) is 2.36. The zero-order chi connectivity index (χ0) is 12.3. The summed E-state index contributed by atoms with van der Waals surface area (Å²) >= 11 is 5.22. The van der Waals surface area contributed by atoms with Gasteiger partial charge in [-0.2, -0.15) is 5.10 Å². The molecule has 6 heteroatoms. The molecule has 0 saturated heterocycles. The van der Waals surface area contributed by atoms with Crippen molar-refractivity contribution in [1.82, 2.24) is 20.1 Å². The lowest BCUT2D eigenvalue weighted by molar-refractivity contribution is 0.372. The zero-order valence-corrected chi connectivity index (χ0v) is 10.6. The number of thiocarbonyl (C=S) groups is 1. The molecule has 2 aromatic heterocycles. The van der Waals surface area contributed by atoms with Crippen molar-refractivity contribution in [3.05, 3.63) is 18.5 Å². The maximum absolute atomic E-state index is 5.59. The summed E-state index contributed by atoms with van der Waals surface area (Å²) in [5.74, 6) is 0.445. The van der Waals surface area contributed by atoms with Gasteiger partial charge in [0.15, 0.2) is 0 Å². The molecule has 0 atom stereocenters. The fourth-order valence-electron chi connectivity index (χ4n) is 1.57. The number of fused-ring (bicyclic) bond motifs is 1. The average molecular weight is 250 g/mol. The predicted molar refractivity (Wildman–Crippen MR) is 70.0 cm³/mol. The molecule has 0 fully saturated rings. The van der Waals surface area contributed by atoms with E-state index in [1.165, 1.54) is 0 Å². The van der Waals surface area contributed by atoms with Crippen LogP contribution in [0, 0.1) is 0 Å². The van der Waals surface area contributed by atoms with E-state index in [9.17, 15) is 0 Å². The summed E-state index contributed by atoms with van der Waals surface area (Å²) in [5.41, 5.74) is 0.886. The van der Waals surface area contributed by atoms with Crippen LogP contribution in [0.5, 0.6) is 5.88 Å². The second kappa shape index (κ2) is 5.09. The van der Waals surface area contributed by atoms with Gasteiger partial charge in [0, 0.05) is 19.3 Å². The zero-order valence-electron chi connectivity index (χ0n) is 9.80.